The van der Waals surface area contributed by atoms with Crippen LogP contribution in [0, 0.1) is 10.1 Å². The maximum Gasteiger partial charge on any atom is 0.434 e. The zero-order chi connectivity index (χ0) is 31.6. The first kappa shape index (κ1) is 30.7. The molecule has 0 fully saturated rings. The molecule has 1 atom stereocenters. The van der Waals surface area contributed by atoms with Crippen LogP contribution in [0.3, 0.4) is 0 Å². The van der Waals surface area contributed by atoms with Crippen molar-refractivity contribution in [2.45, 2.75) is 25.7 Å². The third-order valence-electron chi connectivity index (χ3n) is 6.53. The molecule has 0 amide bonds. The average Bonchev–Trinajstić information content (AvgIpc) is 3.30. The van der Waals surface area contributed by atoms with Crippen molar-refractivity contribution in [2.75, 3.05) is 6.61 Å². The lowest BCUT2D eigenvalue weighted by Gasteiger charge is -2.26. The second-order valence-electron chi connectivity index (χ2n) is 9.36. The Kier molecular flexibility index (Phi) is 8.70. The van der Waals surface area contributed by atoms with Gasteiger partial charge < -0.3 is 9.47 Å². The number of carbonyl (C=O) groups excluding carboxylic acids is 1. The number of nitro groups is 1. The molecule has 0 saturated heterocycles. The van der Waals surface area contributed by atoms with Gasteiger partial charge in [0, 0.05) is 22.7 Å². The summed E-state index contributed by atoms with van der Waals surface area (Å²) in [7, 11) is 0. The standard InChI is InChI=1S/C30H21ClF3N3O6S/c1-2-42-28(39)24-25(18-9-11-20(31)12-10-18)36-27(38)23(44-29(36)35-26(24)30(32,33)34)15-19-5-3-4-6-22(19)43-16-17-7-13-21(14-8-17)37(40)41/h3-15,25H,2,16H2,1H3/b23-15+/t25-/m0/s1. The highest BCUT2D eigenvalue weighted by molar-refractivity contribution is 7.07. The van der Waals surface area contributed by atoms with Gasteiger partial charge in [0.05, 0.1) is 27.7 Å². The van der Waals surface area contributed by atoms with Crippen molar-refractivity contribution < 1.29 is 32.4 Å². The molecule has 0 aliphatic carbocycles. The number of allylic oxidation sites excluding steroid dienone is 1. The summed E-state index contributed by atoms with van der Waals surface area (Å²) in [5.74, 6) is -0.892. The first-order valence-corrected chi connectivity index (χ1v) is 14.2. The van der Waals surface area contributed by atoms with Gasteiger partial charge in [-0.2, -0.15) is 13.2 Å². The van der Waals surface area contributed by atoms with Crippen molar-refractivity contribution in [3.05, 3.63) is 136 Å². The molecule has 0 N–H and O–H groups in total. The van der Waals surface area contributed by atoms with Crippen molar-refractivity contribution in [3.63, 3.8) is 0 Å². The Labute approximate surface area is 255 Å². The lowest BCUT2D eigenvalue weighted by atomic mass is 9.95. The van der Waals surface area contributed by atoms with E-state index in [0.717, 1.165) is 15.9 Å². The Morgan fingerprint density at radius 3 is 2.43 bits per heavy atom. The summed E-state index contributed by atoms with van der Waals surface area (Å²) in [4.78, 5) is 40.7. The second kappa shape index (κ2) is 12.5. The molecule has 0 saturated carbocycles. The first-order valence-electron chi connectivity index (χ1n) is 13.0. The van der Waals surface area contributed by atoms with Crippen LogP contribution in [-0.4, -0.2) is 28.2 Å². The highest BCUT2D eigenvalue weighted by Gasteiger charge is 2.45. The Hall–Kier alpha value is -4.75. The quantitative estimate of drug-likeness (QED) is 0.143. The summed E-state index contributed by atoms with van der Waals surface area (Å²) in [5, 5.41) is 11.2. The highest BCUT2D eigenvalue weighted by Crippen LogP contribution is 2.38. The van der Waals surface area contributed by atoms with E-state index in [1.807, 2.05) is 0 Å². The van der Waals surface area contributed by atoms with Crippen molar-refractivity contribution in [3.8, 4) is 5.75 Å². The number of rotatable bonds is 8. The van der Waals surface area contributed by atoms with E-state index in [-0.39, 0.29) is 33.8 Å². The number of thiazole rings is 1. The molecule has 5 rings (SSSR count). The molecule has 4 aromatic rings. The maximum absolute atomic E-state index is 14.3. The fourth-order valence-corrected chi connectivity index (χ4v) is 5.67. The fourth-order valence-electron chi connectivity index (χ4n) is 4.55. The Morgan fingerprint density at radius 2 is 1.80 bits per heavy atom. The molecule has 2 heterocycles. The Morgan fingerprint density at radius 1 is 1.11 bits per heavy atom. The van der Waals surface area contributed by atoms with E-state index in [9.17, 15) is 32.9 Å². The maximum atomic E-state index is 14.3. The van der Waals surface area contributed by atoms with E-state index in [2.05, 4.69) is 4.99 Å². The van der Waals surface area contributed by atoms with Gasteiger partial charge in [-0.1, -0.05) is 53.3 Å². The topological polar surface area (TPSA) is 113 Å². The average molecular weight is 644 g/mol. The van der Waals surface area contributed by atoms with Gasteiger partial charge >= 0.3 is 12.1 Å². The Balaban J connectivity index is 1.62. The number of esters is 1. The summed E-state index contributed by atoms with van der Waals surface area (Å²) in [6.07, 6.45) is -3.56. The van der Waals surface area contributed by atoms with Crippen molar-refractivity contribution >= 4 is 40.7 Å². The van der Waals surface area contributed by atoms with Crippen LogP contribution < -0.4 is 19.6 Å². The normalized spacial score (nSPS) is 15.0. The number of para-hydroxylation sites is 1. The van der Waals surface area contributed by atoms with Gasteiger partial charge in [0.25, 0.3) is 11.2 Å². The number of nitrogens with zero attached hydrogens (tertiary/aromatic N) is 3. The van der Waals surface area contributed by atoms with Crippen molar-refractivity contribution in [1.29, 1.82) is 0 Å². The lowest BCUT2D eigenvalue weighted by Crippen LogP contribution is -2.41. The molecule has 9 nitrogen and oxygen atoms in total. The number of aromatic nitrogens is 1. The SMILES string of the molecule is CCOC(=O)C1=C(C(F)(F)F)N=c2s/c(=C/c3ccccc3OCc3ccc([N+](=O)[O-])cc3)c(=O)n2[C@H]1c1ccc(Cl)cc1. The number of fused-ring (bicyclic) bond motifs is 1. The summed E-state index contributed by atoms with van der Waals surface area (Å²) in [6.45, 7) is 1.32. The molecule has 226 valence electrons. The largest absolute Gasteiger partial charge is 0.488 e. The van der Waals surface area contributed by atoms with Crippen molar-refractivity contribution in [1.82, 2.24) is 4.57 Å². The number of non-ortho nitro benzene ring substituents is 1. The van der Waals surface area contributed by atoms with Gasteiger partial charge in [0.2, 0.25) is 0 Å². The monoisotopic (exact) mass is 643 g/mol. The van der Waals surface area contributed by atoms with Gasteiger partial charge in [0.1, 0.15) is 12.4 Å². The molecule has 1 aliphatic heterocycles. The number of alkyl halides is 3. The molecule has 0 bridgehead atoms. The van der Waals surface area contributed by atoms with Crippen LogP contribution in [0.1, 0.15) is 29.7 Å². The van der Waals surface area contributed by atoms with Crippen LogP contribution in [0.15, 0.2) is 93.9 Å². The van der Waals surface area contributed by atoms with E-state index in [1.54, 1.807) is 36.4 Å². The number of hydrogen-bond acceptors (Lipinski definition) is 8. The van der Waals surface area contributed by atoms with E-state index >= 15 is 0 Å². The van der Waals surface area contributed by atoms with Crippen LogP contribution >= 0.6 is 22.9 Å². The van der Waals surface area contributed by atoms with Crippen LogP contribution in [0.25, 0.3) is 6.08 Å². The van der Waals surface area contributed by atoms with Crippen molar-refractivity contribution in [2.24, 2.45) is 4.99 Å². The summed E-state index contributed by atoms with van der Waals surface area (Å²) >= 11 is 6.74. The van der Waals surface area contributed by atoms with E-state index < -0.39 is 39.9 Å². The van der Waals surface area contributed by atoms with Gasteiger partial charge in [-0.05, 0) is 54.5 Å². The molecule has 0 unspecified atom stereocenters. The Bertz CT molecular complexity index is 1950. The van der Waals surface area contributed by atoms with Gasteiger partial charge in [0.15, 0.2) is 10.5 Å². The molecule has 1 aliphatic rings. The minimum absolute atomic E-state index is 0.0423. The molecular formula is C30H21ClF3N3O6S. The molecule has 0 radical (unpaired) electrons. The van der Waals surface area contributed by atoms with E-state index in [4.69, 9.17) is 21.1 Å². The number of halogens is 4. The predicted molar refractivity (Wildman–Crippen MR) is 156 cm³/mol. The predicted octanol–water partition coefficient (Wildman–Crippen LogP) is 5.48. The number of hydrogen-bond donors (Lipinski definition) is 0. The highest BCUT2D eigenvalue weighted by atomic mass is 35.5. The van der Waals surface area contributed by atoms with Gasteiger partial charge in [-0.25, -0.2) is 9.79 Å². The van der Waals surface area contributed by atoms with Gasteiger partial charge in [-0.15, -0.1) is 0 Å². The molecule has 3 aromatic carbocycles. The molecule has 44 heavy (non-hydrogen) atoms. The second-order valence-corrected chi connectivity index (χ2v) is 10.8. The molecule has 14 heteroatoms. The molecular weight excluding hydrogens is 623 g/mol. The number of nitro benzene ring substituents is 1. The number of ether oxygens (including phenoxy) is 2. The van der Waals surface area contributed by atoms with E-state index in [1.165, 1.54) is 49.4 Å². The summed E-state index contributed by atoms with van der Waals surface area (Å²) in [5.41, 5.74) is -1.71. The smallest absolute Gasteiger partial charge is 0.434 e. The third kappa shape index (κ3) is 6.29. The number of carbonyl (C=O) groups is 1. The molecule has 1 aromatic heterocycles. The lowest BCUT2D eigenvalue weighted by molar-refractivity contribution is -0.384. The van der Waals surface area contributed by atoms with Crippen LogP contribution in [-0.2, 0) is 16.1 Å². The van der Waals surface area contributed by atoms with Gasteiger partial charge in [-0.3, -0.25) is 19.5 Å². The first-order chi connectivity index (χ1) is 21.0. The zero-order valence-electron chi connectivity index (χ0n) is 22.7. The fraction of sp³-hybridized carbons (Fsp3) is 0.167. The minimum atomic E-state index is -5.03. The van der Waals surface area contributed by atoms with Crippen LogP contribution in [0.5, 0.6) is 5.75 Å². The van der Waals surface area contributed by atoms with Crippen LogP contribution in [0.2, 0.25) is 5.02 Å². The van der Waals surface area contributed by atoms with E-state index in [0.29, 0.717) is 21.9 Å². The zero-order valence-corrected chi connectivity index (χ0v) is 24.3. The number of benzene rings is 3. The summed E-state index contributed by atoms with van der Waals surface area (Å²) in [6, 6.07) is 16.8. The third-order valence-corrected chi connectivity index (χ3v) is 7.76. The minimum Gasteiger partial charge on any atom is -0.488 e. The molecule has 0 spiro atoms. The van der Waals surface area contributed by atoms with Crippen LogP contribution in [0.4, 0.5) is 18.9 Å². The summed E-state index contributed by atoms with van der Waals surface area (Å²) < 4.78 is 54.9.